The fraction of sp³-hybridized carbons (Fsp3) is 0.286. The van der Waals surface area contributed by atoms with E-state index in [9.17, 15) is 9.59 Å². The number of nitrogens with zero attached hydrogens (tertiary/aromatic N) is 1. The molecule has 0 atom stereocenters. The van der Waals surface area contributed by atoms with Crippen LogP contribution < -0.4 is 5.32 Å². The van der Waals surface area contributed by atoms with Crippen molar-refractivity contribution in [3.63, 3.8) is 0 Å². The monoisotopic (exact) mass is 246 g/mol. The van der Waals surface area contributed by atoms with Gasteiger partial charge in [0.25, 0.3) is 5.91 Å². The standard InChI is InChI=1S/C14H18N2O2/c1-4-16(3)13(17)10-7-11-5-8-12(9-6-11)14(18)15-2/h5-10H,4H2,1-3H3,(H,15,18)/b10-7+. The van der Waals surface area contributed by atoms with Gasteiger partial charge in [-0.1, -0.05) is 12.1 Å². The smallest absolute Gasteiger partial charge is 0.251 e. The van der Waals surface area contributed by atoms with Gasteiger partial charge in [-0.25, -0.2) is 0 Å². The minimum absolute atomic E-state index is 0.0344. The van der Waals surface area contributed by atoms with Crippen molar-refractivity contribution in [2.24, 2.45) is 0 Å². The largest absolute Gasteiger partial charge is 0.355 e. The number of rotatable bonds is 4. The van der Waals surface area contributed by atoms with Gasteiger partial charge in [-0.3, -0.25) is 9.59 Å². The molecule has 0 saturated carbocycles. The van der Waals surface area contributed by atoms with E-state index < -0.39 is 0 Å². The van der Waals surface area contributed by atoms with Crippen molar-refractivity contribution < 1.29 is 9.59 Å². The normalized spacial score (nSPS) is 10.4. The van der Waals surface area contributed by atoms with Crippen LogP contribution in [0.5, 0.6) is 0 Å². The highest BCUT2D eigenvalue weighted by atomic mass is 16.2. The van der Waals surface area contributed by atoms with Crippen molar-refractivity contribution in [3.8, 4) is 0 Å². The summed E-state index contributed by atoms with van der Waals surface area (Å²) in [6, 6.07) is 7.07. The highest BCUT2D eigenvalue weighted by Gasteiger charge is 2.02. The molecule has 1 rings (SSSR count). The lowest BCUT2D eigenvalue weighted by Crippen LogP contribution is -2.23. The Labute approximate surface area is 107 Å². The highest BCUT2D eigenvalue weighted by molar-refractivity contribution is 5.94. The average molecular weight is 246 g/mol. The number of likely N-dealkylation sites (N-methyl/N-ethyl adjacent to an activating group) is 1. The summed E-state index contributed by atoms with van der Waals surface area (Å²) in [6.45, 7) is 2.60. The van der Waals surface area contributed by atoms with Gasteiger partial charge in [-0.05, 0) is 30.7 Å². The van der Waals surface area contributed by atoms with E-state index in [1.807, 2.05) is 6.92 Å². The Morgan fingerprint density at radius 3 is 2.39 bits per heavy atom. The molecule has 96 valence electrons. The number of benzene rings is 1. The third kappa shape index (κ3) is 3.73. The lowest BCUT2D eigenvalue weighted by Gasteiger charge is -2.10. The zero-order chi connectivity index (χ0) is 13.5. The number of hydrogen-bond acceptors (Lipinski definition) is 2. The number of carbonyl (C=O) groups excluding carboxylic acids is 2. The second-order valence-electron chi connectivity index (χ2n) is 3.89. The molecule has 1 aromatic rings. The summed E-state index contributed by atoms with van der Waals surface area (Å²) < 4.78 is 0. The lowest BCUT2D eigenvalue weighted by molar-refractivity contribution is -0.124. The van der Waals surface area contributed by atoms with Crippen LogP contribution in [-0.4, -0.2) is 37.4 Å². The van der Waals surface area contributed by atoms with Crippen molar-refractivity contribution in [1.82, 2.24) is 10.2 Å². The van der Waals surface area contributed by atoms with Gasteiger partial charge in [0.15, 0.2) is 0 Å². The molecule has 0 spiro atoms. The van der Waals surface area contributed by atoms with Gasteiger partial charge in [-0.15, -0.1) is 0 Å². The molecule has 0 unspecified atom stereocenters. The van der Waals surface area contributed by atoms with Crippen LogP contribution in [0.15, 0.2) is 30.3 Å². The summed E-state index contributed by atoms with van der Waals surface area (Å²) in [5.41, 5.74) is 1.49. The van der Waals surface area contributed by atoms with Crippen LogP contribution in [0.2, 0.25) is 0 Å². The Bertz CT molecular complexity index is 449. The van der Waals surface area contributed by atoms with E-state index >= 15 is 0 Å². The maximum absolute atomic E-state index is 11.5. The first-order valence-corrected chi connectivity index (χ1v) is 5.83. The lowest BCUT2D eigenvalue weighted by atomic mass is 10.1. The molecule has 1 N–H and O–H groups in total. The van der Waals surface area contributed by atoms with Crippen molar-refractivity contribution in [2.45, 2.75) is 6.92 Å². The molecule has 2 amide bonds. The Morgan fingerprint density at radius 1 is 1.28 bits per heavy atom. The van der Waals surface area contributed by atoms with Crippen LogP contribution in [0.1, 0.15) is 22.8 Å². The minimum Gasteiger partial charge on any atom is -0.355 e. The highest BCUT2D eigenvalue weighted by Crippen LogP contribution is 2.06. The van der Waals surface area contributed by atoms with Crippen LogP contribution in [0.4, 0.5) is 0 Å². The molecular weight excluding hydrogens is 228 g/mol. The summed E-state index contributed by atoms with van der Waals surface area (Å²) in [4.78, 5) is 24.5. The molecule has 0 aliphatic carbocycles. The van der Waals surface area contributed by atoms with E-state index in [2.05, 4.69) is 5.32 Å². The topological polar surface area (TPSA) is 49.4 Å². The Balaban J connectivity index is 2.72. The van der Waals surface area contributed by atoms with Crippen LogP contribution in [0.25, 0.3) is 6.08 Å². The van der Waals surface area contributed by atoms with Gasteiger partial charge in [0.1, 0.15) is 0 Å². The first-order chi connectivity index (χ1) is 8.58. The van der Waals surface area contributed by atoms with Crippen LogP contribution in [0, 0.1) is 0 Å². The van der Waals surface area contributed by atoms with Crippen molar-refractivity contribution in [1.29, 1.82) is 0 Å². The van der Waals surface area contributed by atoms with E-state index in [-0.39, 0.29) is 11.8 Å². The molecule has 0 aliphatic rings. The summed E-state index contributed by atoms with van der Waals surface area (Å²) in [5, 5.41) is 2.56. The molecule has 0 heterocycles. The summed E-state index contributed by atoms with van der Waals surface area (Å²) in [5.74, 6) is -0.153. The van der Waals surface area contributed by atoms with E-state index in [1.165, 1.54) is 6.08 Å². The van der Waals surface area contributed by atoms with E-state index in [0.717, 1.165) is 5.56 Å². The first kappa shape index (κ1) is 14.0. The Kier molecular flexibility index (Phi) is 5.11. The van der Waals surface area contributed by atoms with Gasteiger partial charge in [0.2, 0.25) is 5.91 Å². The number of carbonyl (C=O) groups is 2. The summed E-state index contributed by atoms with van der Waals surface area (Å²) in [7, 11) is 3.34. The average Bonchev–Trinajstić information content (AvgIpc) is 2.43. The summed E-state index contributed by atoms with van der Waals surface area (Å²) >= 11 is 0. The maximum atomic E-state index is 11.5. The van der Waals surface area contributed by atoms with E-state index in [1.54, 1.807) is 49.3 Å². The third-order valence-corrected chi connectivity index (χ3v) is 2.67. The van der Waals surface area contributed by atoms with Crippen LogP contribution in [-0.2, 0) is 4.79 Å². The predicted octanol–water partition coefficient (Wildman–Crippen LogP) is 1.54. The zero-order valence-electron chi connectivity index (χ0n) is 10.9. The molecule has 0 saturated heterocycles. The van der Waals surface area contributed by atoms with Gasteiger partial charge in [0, 0.05) is 32.3 Å². The van der Waals surface area contributed by atoms with Gasteiger partial charge in [-0.2, -0.15) is 0 Å². The van der Waals surface area contributed by atoms with Gasteiger partial charge >= 0.3 is 0 Å². The fourth-order valence-corrected chi connectivity index (χ4v) is 1.34. The minimum atomic E-state index is -0.118. The molecule has 1 aromatic carbocycles. The SMILES string of the molecule is CCN(C)C(=O)/C=C/c1ccc(C(=O)NC)cc1. The van der Waals surface area contributed by atoms with Gasteiger partial charge < -0.3 is 10.2 Å². The summed E-state index contributed by atoms with van der Waals surface area (Å²) in [6.07, 6.45) is 3.26. The number of nitrogens with one attached hydrogen (secondary N) is 1. The van der Waals surface area contributed by atoms with Gasteiger partial charge in [0.05, 0.1) is 0 Å². The predicted molar refractivity (Wildman–Crippen MR) is 72.2 cm³/mol. The second-order valence-corrected chi connectivity index (χ2v) is 3.89. The Hall–Kier alpha value is -2.10. The van der Waals surface area contributed by atoms with Crippen LogP contribution in [0.3, 0.4) is 0 Å². The van der Waals surface area contributed by atoms with Crippen molar-refractivity contribution >= 4 is 17.9 Å². The quantitative estimate of drug-likeness (QED) is 0.819. The number of hydrogen-bond donors (Lipinski definition) is 1. The zero-order valence-corrected chi connectivity index (χ0v) is 10.9. The second kappa shape index (κ2) is 6.59. The molecule has 18 heavy (non-hydrogen) atoms. The van der Waals surface area contributed by atoms with E-state index in [4.69, 9.17) is 0 Å². The molecule has 0 fully saturated rings. The molecule has 0 bridgehead atoms. The molecule has 4 heteroatoms. The molecule has 0 aromatic heterocycles. The fourth-order valence-electron chi connectivity index (χ4n) is 1.34. The Morgan fingerprint density at radius 2 is 1.89 bits per heavy atom. The first-order valence-electron chi connectivity index (χ1n) is 5.83. The maximum Gasteiger partial charge on any atom is 0.251 e. The molecule has 0 aliphatic heterocycles. The van der Waals surface area contributed by atoms with Crippen molar-refractivity contribution in [3.05, 3.63) is 41.5 Å². The van der Waals surface area contributed by atoms with Crippen LogP contribution >= 0.6 is 0 Å². The van der Waals surface area contributed by atoms with Crippen molar-refractivity contribution in [2.75, 3.05) is 20.6 Å². The molecule has 0 radical (unpaired) electrons. The molecular formula is C14H18N2O2. The number of amides is 2. The molecule has 4 nitrogen and oxygen atoms in total. The third-order valence-electron chi connectivity index (χ3n) is 2.67. The van der Waals surface area contributed by atoms with E-state index in [0.29, 0.717) is 12.1 Å².